The van der Waals surface area contributed by atoms with E-state index in [0.717, 1.165) is 9.87 Å². The van der Waals surface area contributed by atoms with E-state index in [1.54, 1.807) is 36.4 Å². The van der Waals surface area contributed by atoms with Crippen LogP contribution in [0.1, 0.15) is 25.3 Å². The van der Waals surface area contributed by atoms with Crippen LogP contribution in [-0.2, 0) is 14.8 Å². The first-order valence-electron chi connectivity index (χ1n) is 10.5. The van der Waals surface area contributed by atoms with Crippen LogP contribution in [0, 0.1) is 0 Å². The highest BCUT2D eigenvalue weighted by atomic mass is 32.2. The molecule has 0 unspecified atom stereocenters. The molecule has 1 amide bonds. The lowest BCUT2D eigenvalue weighted by atomic mass is 10.0. The quantitative estimate of drug-likeness (QED) is 0.494. The van der Waals surface area contributed by atoms with Crippen LogP contribution in [-0.4, -0.2) is 35.1 Å². The lowest BCUT2D eigenvalue weighted by Gasteiger charge is -2.25. The number of nitrogens with zero attached hydrogens (tertiary/aromatic N) is 1. The molecule has 0 aliphatic heterocycles. The number of nitrogens with one attached hydrogen (secondary N) is 1. The summed E-state index contributed by atoms with van der Waals surface area (Å²) in [5.74, 6) is 0.538. The maximum absolute atomic E-state index is 13.5. The van der Waals surface area contributed by atoms with Crippen LogP contribution in [0.4, 0.5) is 11.4 Å². The summed E-state index contributed by atoms with van der Waals surface area (Å²) in [5.41, 5.74) is 1.90. The number of carbonyl (C=O) groups excluding carboxylic acids is 1. The first-order valence-corrected chi connectivity index (χ1v) is 11.9. The topological polar surface area (TPSA) is 84.9 Å². The van der Waals surface area contributed by atoms with E-state index in [1.165, 1.54) is 32.4 Å². The second-order valence-corrected chi connectivity index (χ2v) is 9.52. The van der Waals surface area contributed by atoms with Crippen LogP contribution in [0.25, 0.3) is 0 Å². The minimum absolute atomic E-state index is 0.0789. The molecule has 1 N–H and O–H groups in total. The Kier molecular flexibility index (Phi) is 7.60. The van der Waals surface area contributed by atoms with E-state index in [4.69, 9.17) is 9.47 Å². The molecule has 0 aromatic heterocycles. The summed E-state index contributed by atoms with van der Waals surface area (Å²) in [6.45, 7) is 3.64. The highest BCUT2D eigenvalue weighted by Gasteiger charge is 2.28. The van der Waals surface area contributed by atoms with Crippen LogP contribution in [0.2, 0.25) is 0 Å². The highest BCUT2D eigenvalue weighted by Crippen LogP contribution is 2.34. The Bertz CT molecular complexity index is 1210. The molecule has 0 spiro atoms. The van der Waals surface area contributed by atoms with Gasteiger partial charge in [0.25, 0.3) is 10.0 Å². The van der Waals surface area contributed by atoms with Gasteiger partial charge >= 0.3 is 0 Å². The van der Waals surface area contributed by atoms with Gasteiger partial charge in [-0.2, -0.15) is 0 Å². The van der Waals surface area contributed by atoms with E-state index >= 15 is 0 Å². The summed E-state index contributed by atoms with van der Waals surface area (Å²) >= 11 is 0. The van der Waals surface area contributed by atoms with Gasteiger partial charge in [-0.15, -0.1) is 0 Å². The number of methoxy groups -OCH3 is 2. The monoisotopic (exact) mass is 468 g/mol. The SMILES string of the molecule is COc1ccc(N(CC(=O)Nc2ccccc2C(C)C)S(=O)(=O)c2ccccc2)cc1OC. The summed E-state index contributed by atoms with van der Waals surface area (Å²) in [6, 6.07) is 20.2. The van der Waals surface area contributed by atoms with Gasteiger partial charge in [-0.3, -0.25) is 9.10 Å². The summed E-state index contributed by atoms with van der Waals surface area (Å²) in [4.78, 5) is 13.1. The summed E-state index contributed by atoms with van der Waals surface area (Å²) < 4.78 is 38.7. The van der Waals surface area contributed by atoms with E-state index in [1.807, 2.05) is 32.0 Å². The number of benzene rings is 3. The third-order valence-corrected chi connectivity index (χ3v) is 6.92. The van der Waals surface area contributed by atoms with Crippen LogP contribution in [0.3, 0.4) is 0 Å². The first kappa shape index (κ1) is 24.1. The van der Waals surface area contributed by atoms with Gasteiger partial charge in [-0.25, -0.2) is 8.42 Å². The molecule has 0 fully saturated rings. The maximum atomic E-state index is 13.5. The minimum atomic E-state index is -4.04. The number of sulfonamides is 1. The molecule has 0 saturated carbocycles. The van der Waals surface area contributed by atoms with Crippen molar-refractivity contribution in [3.05, 3.63) is 78.4 Å². The third-order valence-electron chi connectivity index (χ3n) is 5.13. The van der Waals surface area contributed by atoms with Gasteiger partial charge < -0.3 is 14.8 Å². The van der Waals surface area contributed by atoms with Gasteiger partial charge in [0.05, 0.1) is 24.8 Å². The number of hydrogen-bond acceptors (Lipinski definition) is 5. The Morgan fingerprint density at radius 2 is 1.55 bits per heavy atom. The van der Waals surface area contributed by atoms with Crippen molar-refractivity contribution in [2.75, 3.05) is 30.4 Å². The predicted molar refractivity (Wildman–Crippen MR) is 130 cm³/mol. The number of para-hydroxylation sites is 1. The molecule has 174 valence electrons. The fourth-order valence-corrected chi connectivity index (χ4v) is 4.88. The van der Waals surface area contributed by atoms with Crippen molar-refractivity contribution >= 4 is 27.3 Å². The van der Waals surface area contributed by atoms with Gasteiger partial charge in [0.2, 0.25) is 5.91 Å². The van der Waals surface area contributed by atoms with E-state index in [-0.39, 0.29) is 16.5 Å². The molecule has 0 atom stereocenters. The lowest BCUT2D eigenvalue weighted by Crippen LogP contribution is -2.38. The fraction of sp³-hybridized carbons (Fsp3) is 0.240. The summed E-state index contributed by atoms with van der Waals surface area (Å²) in [5, 5.41) is 2.87. The van der Waals surface area contributed by atoms with E-state index < -0.39 is 22.5 Å². The van der Waals surface area contributed by atoms with Crippen molar-refractivity contribution in [3.8, 4) is 11.5 Å². The average molecular weight is 469 g/mol. The van der Waals surface area contributed by atoms with Gasteiger partial charge in [-0.05, 0) is 41.8 Å². The minimum Gasteiger partial charge on any atom is -0.493 e. The molecule has 3 aromatic rings. The number of carbonyl (C=O) groups is 1. The molecule has 0 heterocycles. The second kappa shape index (κ2) is 10.4. The van der Waals surface area contributed by atoms with E-state index in [0.29, 0.717) is 17.2 Å². The number of amides is 1. The number of hydrogen-bond donors (Lipinski definition) is 1. The zero-order valence-electron chi connectivity index (χ0n) is 19.1. The predicted octanol–water partition coefficient (Wildman–Crippen LogP) is 4.66. The molecule has 0 aliphatic carbocycles. The summed E-state index contributed by atoms with van der Waals surface area (Å²) in [6.07, 6.45) is 0. The Hall–Kier alpha value is -3.52. The van der Waals surface area contributed by atoms with E-state index in [2.05, 4.69) is 5.32 Å². The molecular formula is C25H28N2O5S. The smallest absolute Gasteiger partial charge is 0.264 e. The largest absolute Gasteiger partial charge is 0.493 e. The second-order valence-electron chi connectivity index (χ2n) is 7.65. The Labute approximate surface area is 195 Å². The Morgan fingerprint density at radius 3 is 2.18 bits per heavy atom. The Balaban J connectivity index is 2.00. The average Bonchev–Trinajstić information content (AvgIpc) is 2.82. The first-order chi connectivity index (χ1) is 15.8. The van der Waals surface area contributed by atoms with Crippen LogP contribution in [0.15, 0.2) is 77.7 Å². The van der Waals surface area contributed by atoms with Crippen molar-refractivity contribution in [2.45, 2.75) is 24.7 Å². The molecule has 0 bridgehead atoms. The van der Waals surface area contributed by atoms with Crippen LogP contribution >= 0.6 is 0 Å². The molecule has 0 aliphatic rings. The van der Waals surface area contributed by atoms with Crippen molar-refractivity contribution in [3.63, 3.8) is 0 Å². The van der Waals surface area contributed by atoms with Crippen LogP contribution in [0.5, 0.6) is 11.5 Å². The molecule has 3 rings (SSSR count). The standard InChI is InChI=1S/C25H28N2O5S/c1-18(2)21-12-8-9-13-22(21)26-25(28)17-27(33(29,30)20-10-6-5-7-11-20)19-14-15-23(31-3)24(16-19)32-4/h5-16,18H,17H2,1-4H3,(H,26,28). The highest BCUT2D eigenvalue weighted by molar-refractivity contribution is 7.92. The third kappa shape index (κ3) is 5.46. The Morgan fingerprint density at radius 1 is 0.909 bits per heavy atom. The number of rotatable bonds is 9. The van der Waals surface area contributed by atoms with Crippen molar-refractivity contribution < 1.29 is 22.7 Å². The van der Waals surface area contributed by atoms with Crippen LogP contribution < -0.4 is 19.1 Å². The van der Waals surface area contributed by atoms with Crippen molar-refractivity contribution in [1.29, 1.82) is 0 Å². The van der Waals surface area contributed by atoms with Crippen molar-refractivity contribution in [2.24, 2.45) is 0 Å². The van der Waals surface area contributed by atoms with E-state index in [9.17, 15) is 13.2 Å². The molecule has 3 aromatic carbocycles. The zero-order valence-corrected chi connectivity index (χ0v) is 19.9. The lowest BCUT2D eigenvalue weighted by molar-refractivity contribution is -0.114. The van der Waals surface area contributed by atoms with Gasteiger partial charge in [-0.1, -0.05) is 50.2 Å². The van der Waals surface area contributed by atoms with Gasteiger partial charge in [0, 0.05) is 11.8 Å². The normalized spacial score (nSPS) is 11.2. The molecule has 8 heteroatoms. The zero-order chi connectivity index (χ0) is 24.0. The number of anilines is 2. The number of ether oxygens (including phenoxy) is 2. The fourth-order valence-electron chi connectivity index (χ4n) is 3.45. The van der Waals surface area contributed by atoms with Gasteiger partial charge in [0.15, 0.2) is 11.5 Å². The molecule has 0 radical (unpaired) electrons. The van der Waals surface area contributed by atoms with Gasteiger partial charge in [0.1, 0.15) is 6.54 Å². The molecule has 33 heavy (non-hydrogen) atoms. The summed E-state index contributed by atoms with van der Waals surface area (Å²) in [7, 11) is -1.08. The molecule has 0 saturated heterocycles. The maximum Gasteiger partial charge on any atom is 0.264 e. The van der Waals surface area contributed by atoms with Crippen molar-refractivity contribution in [1.82, 2.24) is 0 Å². The molecular weight excluding hydrogens is 440 g/mol. The molecule has 7 nitrogen and oxygen atoms in total.